The molecule has 3 N–H and O–H groups in total. The summed E-state index contributed by atoms with van der Waals surface area (Å²) in [6.07, 6.45) is 0.650. The second-order valence-electron chi connectivity index (χ2n) is 4.78. The fourth-order valence-electron chi connectivity index (χ4n) is 2.61. The maximum absolute atomic E-state index is 9.42. The lowest BCUT2D eigenvalue weighted by atomic mass is 10.1. The SMILES string of the molecule is CC(O)CN(C)C1CC(N)c2ccccc21. The van der Waals surface area contributed by atoms with Gasteiger partial charge in [0.2, 0.25) is 0 Å². The van der Waals surface area contributed by atoms with Crippen molar-refractivity contribution in [3.05, 3.63) is 35.4 Å². The monoisotopic (exact) mass is 220 g/mol. The molecule has 0 spiro atoms. The van der Waals surface area contributed by atoms with Crippen LogP contribution in [0.25, 0.3) is 0 Å². The zero-order valence-corrected chi connectivity index (χ0v) is 9.93. The molecule has 0 aromatic heterocycles. The minimum absolute atomic E-state index is 0.137. The third-order valence-corrected chi connectivity index (χ3v) is 3.32. The summed E-state index contributed by atoms with van der Waals surface area (Å²) in [5.74, 6) is 0. The van der Waals surface area contributed by atoms with E-state index in [-0.39, 0.29) is 12.1 Å². The van der Waals surface area contributed by atoms with Crippen LogP contribution >= 0.6 is 0 Å². The van der Waals surface area contributed by atoms with Crippen LogP contribution in [0.1, 0.15) is 36.6 Å². The first-order chi connectivity index (χ1) is 7.59. The molecule has 0 heterocycles. The quantitative estimate of drug-likeness (QED) is 0.810. The first-order valence-corrected chi connectivity index (χ1v) is 5.82. The van der Waals surface area contributed by atoms with E-state index >= 15 is 0 Å². The summed E-state index contributed by atoms with van der Waals surface area (Å²) in [6, 6.07) is 8.83. The normalized spacial score (nSPS) is 25.8. The number of aliphatic hydroxyl groups excluding tert-OH is 1. The number of fused-ring (bicyclic) bond motifs is 1. The molecule has 16 heavy (non-hydrogen) atoms. The summed E-state index contributed by atoms with van der Waals surface area (Å²) in [7, 11) is 2.05. The second-order valence-corrected chi connectivity index (χ2v) is 4.78. The van der Waals surface area contributed by atoms with Crippen LogP contribution in [0.3, 0.4) is 0 Å². The minimum Gasteiger partial charge on any atom is -0.392 e. The van der Waals surface area contributed by atoms with Crippen LogP contribution in [-0.4, -0.2) is 29.7 Å². The molecule has 3 unspecified atom stereocenters. The first kappa shape index (κ1) is 11.6. The molecular weight excluding hydrogens is 200 g/mol. The van der Waals surface area contributed by atoms with Gasteiger partial charge in [0.05, 0.1) is 6.10 Å². The van der Waals surface area contributed by atoms with Gasteiger partial charge < -0.3 is 10.8 Å². The lowest BCUT2D eigenvalue weighted by Crippen LogP contribution is -2.30. The van der Waals surface area contributed by atoms with Gasteiger partial charge in [0.1, 0.15) is 0 Å². The average molecular weight is 220 g/mol. The van der Waals surface area contributed by atoms with Crippen molar-refractivity contribution >= 4 is 0 Å². The summed E-state index contributed by atoms with van der Waals surface area (Å²) < 4.78 is 0. The molecule has 1 aliphatic rings. The van der Waals surface area contributed by atoms with E-state index in [0.717, 1.165) is 6.42 Å². The van der Waals surface area contributed by atoms with Crippen LogP contribution < -0.4 is 5.73 Å². The maximum atomic E-state index is 9.42. The van der Waals surface area contributed by atoms with Gasteiger partial charge >= 0.3 is 0 Å². The number of likely N-dealkylation sites (N-methyl/N-ethyl adjacent to an activating group) is 1. The number of rotatable bonds is 3. The predicted octanol–water partition coefficient (Wildman–Crippen LogP) is 1.44. The van der Waals surface area contributed by atoms with E-state index in [2.05, 4.69) is 23.1 Å². The summed E-state index contributed by atoms with van der Waals surface area (Å²) in [5.41, 5.74) is 8.69. The standard InChI is InChI=1S/C13H20N2O/c1-9(16)8-15(2)13-7-12(14)10-5-3-4-6-11(10)13/h3-6,9,12-13,16H,7-8,14H2,1-2H3. The molecule has 0 aliphatic heterocycles. The van der Waals surface area contributed by atoms with Gasteiger partial charge in [0.25, 0.3) is 0 Å². The van der Waals surface area contributed by atoms with Crippen LogP contribution in [0.15, 0.2) is 24.3 Å². The van der Waals surface area contributed by atoms with Gasteiger partial charge in [-0.2, -0.15) is 0 Å². The Morgan fingerprint density at radius 2 is 2.06 bits per heavy atom. The number of hydrogen-bond acceptors (Lipinski definition) is 3. The molecule has 3 nitrogen and oxygen atoms in total. The van der Waals surface area contributed by atoms with E-state index in [1.165, 1.54) is 11.1 Å². The fourth-order valence-corrected chi connectivity index (χ4v) is 2.61. The lowest BCUT2D eigenvalue weighted by molar-refractivity contribution is 0.115. The van der Waals surface area contributed by atoms with E-state index in [1.807, 2.05) is 20.0 Å². The molecule has 0 amide bonds. The Hall–Kier alpha value is -0.900. The Labute approximate surface area is 96.9 Å². The van der Waals surface area contributed by atoms with Gasteiger partial charge in [-0.15, -0.1) is 0 Å². The number of benzene rings is 1. The van der Waals surface area contributed by atoms with Gasteiger partial charge in [-0.3, -0.25) is 4.90 Å². The van der Waals surface area contributed by atoms with E-state index in [0.29, 0.717) is 12.6 Å². The van der Waals surface area contributed by atoms with Crippen molar-refractivity contribution in [1.29, 1.82) is 0 Å². The third kappa shape index (κ3) is 2.12. The average Bonchev–Trinajstić information content (AvgIpc) is 2.56. The molecule has 0 fully saturated rings. The van der Waals surface area contributed by atoms with Gasteiger partial charge in [-0.25, -0.2) is 0 Å². The molecule has 1 aromatic carbocycles. The maximum Gasteiger partial charge on any atom is 0.0639 e. The molecule has 2 rings (SSSR count). The highest BCUT2D eigenvalue weighted by atomic mass is 16.3. The van der Waals surface area contributed by atoms with Gasteiger partial charge in [0.15, 0.2) is 0 Å². The molecule has 0 saturated carbocycles. The van der Waals surface area contributed by atoms with Crippen LogP contribution in [-0.2, 0) is 0 Å². The van der Waals surface area contributed by atoms with Gasteiger partial charge in [-0.1, -0.05) is 24.3 Å². The Morgan fingerprint density at radius 1 is 1.44 bits per heavy atom. The van der Waals surface area contributed by atoms with Crippen molar-refractivity contribution in [3.8, 4) is 0 Å². The minimum atomic E-state index is -0.297. The van der Waals surface area contributed by atoms with Gasteiger partial charge in [-0.05, 0) is 31.5 Å². The van der Waals surface area contributed by atoms with Crippen molar-refractivity contribution in [2.24, 2.45) is 5.73 Å². The number of aliphatic hydroxyl groups is 1. The zero-order valence-electron chi connectivity index (χ0n) is 9.93. The van der Waals surface area contributed by atoms with E-state index in [9.17, 15) is 5.11 Å². The topological polar surface area (TPSA) is 49.5 Å². The van der Waals surface area contributed by atoms with Crippen LogP contribution in [0.2, 0.25) is 0 Å². The van der Waals surface area contributed by atoms with E-state index < -0.39 is 0 Å². The fraction of sp³-hybridized carbons (Fsp3) is 0.538. The number of hydrogen-bond donors (Lipinski definition) is 2. The highest BCUT2D eigenvalue weighted by molar-refractivity contribution is 5.37. The summed E-state index contributed by atoms with van der Waals surface area (Å²) in [5, 5.41) is 9.42. The van der Waals surface area contributed by atoms with Crippen LogP contribution in [0, 0.1) is 0 Å². The van der Waals surface area contributed by atoms with E-state index in [4.69, 9.17) is 5.73 Å². The highest BCUT2D eigenvalue weighted by Crippen LogP contribution is 2.40. The number of nitrogens with zero attached hydrogens (tertiary/aromatic N) is 1. The van der Waals surface area contributed by atoms with Crippen molar-refractivity contribution in [2.75, 3.05) is 13.6 Å². The summed E-state index contributed by atoms with van der Waals surface area (Å²) >= 11 is 0. The summed E-state index contributed by atoms with van der Waals surface area (Å²) in [4.78, 5) is 2.19. The third-order valence-electron chi connectivity index (χ3n) is 3.32. The van der Waals surface area contributed by atoms with Gasteiger partial charge in [0, 0.05) is 18.6 Å². The predicted molar refractivity (Wildman–Crippen MR) is 65.0 cm³/mol. The lowest BCUT2D eigenvalue weighted by Gasteiger charge is -2.26. The molecule has 3 atom stereocenters. The van der Waals surface area contributed by atoms with E-state index in [1.54, 1.807) is 0 Å². The molecule has 0 saturated heterocycles. The largest absolute Gasteiger partial charge is 0.392 e. The van der Waals surface area contributed by atoms with Crippen molar-refractivity contribution in [2.45, 2.75) is 31.5 Å². The second kappa shape index (κ2) is 4.53. The number of nitrogens with two attached hydrogens (primary N) is 1. The Kier molecular flexibility index (Phi) is 3.28. The zero-order chi connectivity index (χ0) is 11.7. The molecular formula is C13H20N2O. The molecule has 3 heteroatoms. The highest BCUT2D eigenvalue weighted by Gasteiger charge is 2.30. The smallest absolute Gasteiger partial charge is 0.0639 e. The Balaban J connectivity index is 2.20. The first-order valence-electron chi connectivity index (χ1n) is 5.82. The van der Waals surface area contributed by atoms with Crippen molar-refractivity contribution < 1.29 is 5.11 Å². The van der Waals surface area contributed by atoms with Crippen molar-refractivity contribution in [1.82, 2.24) is 4.90 Å². The van der Waals surface area contributed by atoms with Crippen LogP contribution in [0.4, 0.5) is 0 Å². The molecule has 1 aliphatic carbocycles. The molecule has 1 aromatic rings. The molecule has 0 radical (unpaired) electrons. The summed E-state index contributed by atoms with van der Waals surface area (Å²) in [6.45, 7) is 2.50. The Morgan fingerprint density at radius 3 is 2.69 bits per heavy atom. The van der Waals surface area contributed by atoms with Crippen molar-refractivity contribution in [3.63, 3.8) is 0 Å². The van der Waals surface area contributed by atoms with Crippen LogP contribution in [0.5, 0.6) is 0 Å². The Bertz CT molecular complexity index is 365. The molecule has 88 valence electrons. The molecule has 0 bridgehead atoms.